The molecule has 0 atom stereocenters. The van der Waals surface area contributed by atoms with Crippen LogP contribution < -0.4 is 15.8 Å². The average molecular weight is 236 g/mol. The molecule has 6 nitrogen and oxygen atoms in total. The number of nitrogens with one attached hydrogen (secondary N) is 2. The van der Waals surface area contributed by atoms with Crippen LogP contribution in [-0.2, 0) is 11.3 Å². The molecule has 1 aromatic rings. The van der Waals surface area contributed by atoms with Crippen LogP contribution in [0.4, 0.5) is 5.95 Å². The van der Waals surface area contributed by atoms with Gasteiger partial charge in [-0.2, -0.15) is 0 Å². The number of hydrogen-bond acceptors (Lipinski definition) is 4. The molecule has 1 aliphatic heterocycles. The van der Waals surface area contributed by atoms with Crippen molar-refractivity contribution in [3.8, 4) is 0 Å². The SMILES string of the molecule is CC(=O)NCc1cc(=O)[nH]c(N2CCCC2)n1. The Bertz CT molecular complexity index is 463. The molecule has 1 aromatic heterocycles. The zero-order chi connectivity index (χ0) is 12.3. The van der Waals surface area contributed by atoms with Crippen LogP contribution in [0.25, 0.3) is 0 Å². The fourth-order valence-corrected chi connectivity index (χ4v) is 1.88. The molecule has 0 saturated carbocycles. The van der Waals surface area contributed by atoms with Crippen LogP contribution in [-0.4, -0.2) is 29.0 Å². The number of rotatable bonds is 3. The highest BCUT2D eigenvalue weighted by Crippen LogP contribution is 2.13. The Balaban J connectivity index is 2.16. The Morgan fingerprint density at radius 2 is 2.24 bits per heavy atom. The summed E-state index contributed by atoms with van der Waals surface area (Å²) in [4.78, 5) is 31.4. The minimum absolute atomic E-state index is 0.130. The lowest BCUT2D eigenvalue weighted by atomic mass is 10.4. The van der Waals surface area contributed by atoms with Gasteiger partial charge in [0.05, 0.1) is 12.2 Å². The van der Waals surface area contributed by atoms with Crippen molar-refractivity contribution in [2.45, 2.75) is 26.3 Å². The van der Waals surface area contributed by atoms with Gasteiger partial charge in [0.25, 0.3) is 5.56 Å². The van der Waals surface area contributed by atoms with Crippen molar-refractivity contribution in [3.05, 3.63) is 22.1 Å². The van der Waals surface area contributed by atoms with Crippen LogP contribution in [0.5, 0.6) is 0 Å². The van der Waals surface area contributed by atoms with Gasteiger partial charge in [0.1, 0.15) is 0 Å². The fourth-order valence-electron chi connectivity index (χ4n) is 1.88. The Kier molecular flexibility index (Phi) is 3.41. The van der Waals surface area contributed by atoms with Crippen LogP contribution in [0.2, 0.25) is 0 Å². The van der Waals surface area contributed by atoms with Crippen molar-refractivity contribution in [2.75, 3.05) is 18.0 Å². The van der Waals surface area contributed by atoms with E-state index in [1.54, 1.807) is 0 Å². The molecular weight excluding hydrogens is 220 g/mol. The second-order valence-electron chi connectivity index (χ2n) is 4.16. The summed E-state index contributed by atoms with van der Waals surface area (Å²) >= 11 is 0. The zero-order valence-electron chi connectivity index (χ0n) is 9.82. The van der Waals surface area contributed by atoms with E-state index in [9.17, 15) is 9.59 Å². The summed E-state index contributed by atoms with van der Waals surface area (Å²) in [6.45, 7) is 3.58. The van der Waals surface area contributed by atoms with E-state index in [1.807, 2.05) is 0 Å². The summed E-state index contributed by atoms with van der Waals surface area (Å²) in [6.07, 6.45) is 2.25. The van der Waals surface area contributed by atoms with E-state index < -0.39 is 0 Å². The van der Waals surface area contributed by atoms with Crippen molar-refractivity contribution < 1.29 is 4.79 Å². The van der Waals surface area contributed by atoms with Gasteiger partial charge in [-0.15, -0.1) is 0 Å². The second kappa shape index (κ2) is 4.99. The van der Waals surface area contributed by atoms with Crippen molar-refractivity contribution in [1.29, 1.82) is 0 Å². The number of amides is 1. The number of anilines is 1. The molecule has 2 rings (SSSR count). The Hall–Kier alpha value is -1.85. The molecule has 1 amide bonds. The van der Waals surface area contributed by atoms with E-state index in [-0.39, 0.29) is 11.5 Å². The Morgan fingerprint density at radius 3 is 2.88 bits per heavy atom. The van der Waals surface area contributed by atoms with E-state index in [0.29, 0.717) is 18.2 Å². The van der Waals surface area contributed by atoms with Gasteiger partial charge in [-0.1, -0.05) is 0 Å². The summed E-state index contributed by atoms with van der Waals surface area (Å²) in [6, 6.07) is 1.41. The maximum absolute atomic E-state index is 11.5. The molecule has 0 spiro atoms. The van der Waals surface area contributed by atoms with E-state index >= 15 is 0 Å². The minimum atomic E-state index is -0.178. The quantitative estimate of drug-likeness (QED) is 0.774. The molecule has 1 saturated heterocycles. The van der Waals surface area contributed by atoms with Crippen LogP contribution in [0.3, 0.4) is 0 Å². The first-order valence-corrected chi connectivity index (χ1v) is 5.75. The summed E-state index contributed by atoms with van der Waals surface area (Å²) in [5, 5.41) is 2.63. The molecule has 0 radical (unpaired) electrons. The largest absolute Gasteiger partial charge is 0.351 e. The van der Waals surface area contributed by atoms with E-state index in [0.717, 1.165) is 25.9 Å². The van der Waals surface area contributed by atoms with Gasteiger partial charge in [-0.05, 0) is 12.8 Å². The molecule has 1 fully saturated rings. The normalized spacial score (nSPS) is 15.0. The molecule has 0 bridgehead atoms. The topological polar surface area (TPSA) is 78.1 Å². The third-order valence-corrected chi connectivity index (χ3v) is 2.71. The van der Waals surface area contributed by atoms with Crippen molar-refractivity contribution >= 4 is 11.9 Å². The molecule has 92 valence electrons. The van der Waals surface area contributed by atoms with Crippen LogP contribution in [0, 0.1) is 0 Å². The molecule has 1 aliphatic rings. The summed E-state index contributed by atoms with van der Waals surface area (Å²) < 4.78 is 0. The van der Waals surface area contributed by atoms with Gasteiger partial charge in [0.15, 0.2) is 0 Å². The lowest BCUT2D eigenvalue weighted by Gasteiger charge is -2.16. The van der Waals surface area contributed by atoms with Crippen LogP contribution in [0.1, 0.15) is 25.5 Å². The first-order valence-electron chi connectivity index (χ1n) is 5.75. The van der Waals surface area contributed by atoms with Gasteiger partial charge >= 0.3 is 0 Å². The third kappa shape index (κ3) is 3.05. The predicted octanol–water partition coefficient (Wildman–Crippen LogP) is 0.00620. The fraction of sp³-hybridized carbons (Fsp3) is 0.545. The number of hydrogen-bond donors (Lipinski definition) is 2. The summed E-state index contributed by atoms with van der Waals surface area (Å²) in [5.41, 5.74) is 0.410. The molecule has 6 heteroatoms. The van der Waals surface area contributed by atoms with Gasteiger partial charge in [0, 0.05) is 26.1 Å². The van der Waals surface area contributed by atoms with Crippen molar-refractivity contribution in [3.63, 3.8) is 0 Å². The number of aromatic nitrogens is 2. The van der Waals surface area contributed by atoms with E-state index in [1.165, 1.54) is 13.0 Å². The van der Waals surface area contributed by atoms with Crippen molar-refractivity contribution in [2.24, 2.45) is 0 Å². The molecule has 0 unspecified atom stereocenters. The maximum Gasteiger partial charge on any atom is 0.252 e. The van der Waals surface area contributed by atoms with Gasteiger partial charge in [-0.3, -0.25) is 14.6 Å². The molecular formula is C11H16N4O2. The number of nitrogens with zero attached hydrogens (tertiary/aromatic N) is 2. The summed E-state index contributed by atoms with van der Waals surface area (Å²) in [7, 11) is 0. The van der Waals surface area contributed by atoms with Crippen LogP contribution in [0.15, 0.2) is 10.9 Å². The van der Waals surface area contributed by atoms with Crippen LogP contribution >= 0.6 is 0 Å². The second-order valence-corrected chi connectivity index (χ2v) is 4.16. The number of H-pyrrole nitrogens is 1. The van der Waals surface area contributed by atoms with E-state index in [2.05, 4.69) is 20.2 Å². The third-order valence-electron chi connectivity index (χ3n) is 2.71. The van der Waals surface area contributed by atoms with Gasteiger partial charge in [0.2, 0.25) is 11.9 Å². The predicted molar refractivity (Wildman–Crippen MR) is 63.8 cm³/mol. The minimum Gasteiger partial charge on any atom is -0.351 e. The highest BCUT2D eigenvalue weighted by Gasteiger charge is 2.15. The Morgan fingerprint density at radius 1 is 1.53 bits per heavy atom. The summed E-state index contributed by atoms with van der Waals surface area (Å²) in [5.74, 6) is 0.477. The van der Waals surface area contributed by atoms with Gasteiger partial charge < -0.3 is 10.2 Å². The maximum atomic E-state index is 11.5. The molecule has 17 heavy (non-hydrogen) atoms. The lowest BCUT2D eigenvalue weighted by molar-refractivity contribution is -0.119. The standard InChI is InChI=1S/C11H16N4O2/c1-8(16)12-7-9-6-10(17)14-11(13-9)15-4-2-3-5-15/h6H,2-5,7H2,1H3,(H,12,16)(H,13,14,17). The molecule has 0 aliphatic carbocycles. The molecule has 0 aromatic carbocycles. The first kappa shape index (κ1) is 11.6. The molecule has 2 heterocycles. The number of aromatic amines is 1. The first-order chi connectivity index (χ1) is 8.15. The highest BCUT2D eigenvalue weighted by atomic mass is 16.1. The molecule has 2 N–H and O–H groups in total. The highest BCUT2D eigenvalue weighted by molar-refractivity contribution is 5.72. The van der Waals surface area contributed by atoms with Gasteiger partial charge in [-0.25, -0.2) is 4.98 Å². The van der Waals surface area contributed by atoms with Crippen molar-refractivity contribution in [1.82, 2.24) is 15.3 Å². The number of carbonyl (C=O) groups excluding carboxylic acids is 1. The lowest BCUT2D eigenvalue weighted by Crippen LogP contribution is -2.26. The Labute approximate surface area is 99.1 Å². The van der Waals surface area contributed by atoms with E-state index in [4.69, 9.17) is 0 Å². The zero-order valence-corrected chi connectivity index (χ0v) is 9.82. The number of carbonyl (C=O) groups is 1. The monoisotopic (exact) mass is 236 g/mol. The smallest absolute Gasteiger partial charge is 0.252 e. The average Bonchev–Trinajstić information content (AvgIpc) is 2.79.